The van der Waals surface area contributed by atoms with E-state index < -0.39 is 77.7 Å². The molecule has 3 saturated heterocycles. The topological polar surface area (TPSA) is 157 Å². The lowest BCUT2D eigenvalue weighted by molar-refractivity contribution is -0.303. The fourth-order valence-corrected chi connectivity index (χ4v) is 8.81. The van der Waals surface area contributed by atoms with Gasteiger partial charge in [0, 0.05) is 35.4 Å². The molecular weight excluding hydrogens is 692 g/mol. The molecule has 12 heteroatoms. The van der Waals surface area contributed by atoms with Crippen LogP contribution in [0.25, 0.3) is 17.0 Å². The van der Waals surface area contributed by atoms with Crippen LogP contribution >= 0.6 is 0 Å². The minimum atomic E-state index is -1.78. The molecule has 1 aromatic heterocycles. The molecule has 3 aliphatic heterocycles. The van der Waals surface area contributed by atoms with Crippen LogP contribution in [0.4, 0.5) is 0 Å². The Bertz CT molecular complexity index is 1650. The number of benzene rings is 1. The van der Waals surface area contributed by atoms with Crippen molar-refractivity contribution >= 4 is 28.7 Å². The maximum absolute atomic E-state index is 14.4. The number of aliphatic hydroxyl groups excluding tert-OH is 2. The third-order valence-electron chi connectivity index (χ3n) is 12.0. The average Bonchev–Trinajstić information content (AvgIpc) is 3.14. The van der Waals surface area contributed by atoms with Crippen LogP contribution in [0.2, 0.25) is 0 Å². The maximum Gasteiger partial charge on any atom is 0.311 e. The lowest BCUT2D eigenvalue weighted by atomic mass is 9.74. The molecule has 14 atom stereocenters. The highest BCUT2D eigenvalue weighted by atomic mass is 16.7. The van der Waals surface area contributed by atoms with E-state index in [2.05, 4.69) is 4.98 Å². The first-order chi connectivity index (χ1) is 25.4. The normalized spacial score (nSPS) is 41.3. The van der Waals surface area contributed by atoms with Gasteiger partial charge < -0.3 is 43.9 Å². The first-order valence-electron chi connectivity index (χ1n) is 19.5. The second-order valence-corrected chi connectivity index (χ2v) is 16.7. The van der Waals surface area contributed by atoms with Crippen molar-refractivity contribution in [2.45, 2.75) is 135 Å². The quantitative estimate of drug-likeness (QED) is 0.367. The van der Waals surface area contributed by atoms with E-state index >= 15 is 0 Å². The third-order valence-corrected chi connectivity index (χ3v) is 12.0. The number of nitrogens with zero attached hydrogens (tertiary/aromatic N) is 2. The summed E-state index contributed by atoms with van der Waals surface area (Å²) in [4.78, 5) is 34.8. The van der Waals surface area contributed by atoms with Gasteiger partial charge in [-0.15, -0.1) is 0 Å². The number of carbonyl (C=O) groups is 2. The number of hydrogen-bond acceptors (Lipinski definition) is 12. The van der Waals surface area contributed by atoms with Gasteiger partial charge in [-0.05, 0) is 90.4 Å². The number of Topliss-reactive ketones (excluding diaryl/α,β-unsaturated/α-hetero) is 1. The first-order valence-corrected chi connectivity index (χ1v) is 19.5. The lowest BCUT2D eigenvalue weighted by Crippen LogP contribution is -2.60. The predicted molar refractivity (Wildman–Crippen MR) is 204 cm³/mol. The summed E-state index contributed by atoms with van der Waals surface area (Å²) in [5, 5.41) is 36.8. The molecule has 54 heavy (non-hydrogen) atoms. The minimum absolute atomic E-state index is 0.0211. The fraction of sp³-hybridized carbons (Fsp3) is 0.690. The van der Waals surface area contributed by atoms with Gasteiger partial charge in [-0.3, -0.25) is 14.6 Å². The van der Waals surface area contributed by atoms with Gasteiger partial charge in [-0.25, -0.2) is 0 Å². The number of ether oxygens (including phenoxy) is 5. The Morgan fingerprint density at radius 1 is 1.02 bits per heavy atom. The summed E-state index contributed by atoms with van der Waals surface area (Å²) in [6.45, 7) is 14.0. The van der Waals surface area contributed by atoms with Gasteiger partial charge in [0.1, 0.15) is 23.6 Å². The molecule has 3 aliphatic rings. The van der Waals surface area contributed by atoms with Gasteiger partial charge in [-0.1, -0.05) is 45.9 Å². The van der Waals surface area contributed by atoms with Crippen molar-refractivity contribution in [3.63, 3.8) is 0 Å². The molecular formula is C42H62N2O10. The van der Waals surface area contributed by atoms with E-state index in [1.807, 2.05) is 76.2 Å². The van der Waals surface area contributed by atoms with Gasteiger partial charge in [0.25, 0.3) is 0 Å². The van der Waals surface area contributed by atoms with Gasteiger partial charge in [0.15, 0.2) is 6.29 Å². The summed E-state index contributed by atoms with van der Waals surface area (Å²) in [6, 6.07) is 9.56. The zero-order valence-electron chi connectivity index (χ0n) is 33.6. The Balaban J connectivity index is 1.68. The van der Waals surface area contributed by atoms with Gasteiger partial charge >= 0.3 is 5.97 Å². The summed E-state index contributed by atoms with van der Waals surface area (Å²) < 4.78 is 32.6. The van der Waals surface area contributed by atoms with E-state index in [0.717, 1.165) is 16.5 Å². The molecule has 1 aromatic carbocycles. The first kappa shape index (κ1) is 42.3. The Morgan fingerprint density at radius 2 is 1.72 bits per heavy atom. The molecule has 0 amide bonds. The van der Waals surface area contributed by atoms with E-state index in [0.29, 0.717) is 12.0 Å². The Morgan fingerprint density at radius 3 is 2.41 bits per heavy atom. The standard InChI is InChI=1S/C42H62N2O10/c1-11-33-42(8,49)38-25(4)34(45)23(2)19-41(7,51-22-29(21-50-38)17-28-18-30-14-12-13-15-31(30)43-20-28)37(26(5)35(46)27(6)39(48)53-33)54-40-36(47)32(44(9)10)16-24(3)52-40/h12-15,17-18,20,23-27,32-33,35-38,40,46-47,49H,11,16,19,21-22H2,1-10H3/b29-17-/t23-,24-,25-,26+,27-,32+,33+,35+,36-,37-,38+,40+,41-,42-/m1/s1. The van der Waals surface area contributed by atoms with Gasteiger partial charge in [-0.2, -0.15) is 0 Å². The SMILES string of the molecule is CC[C@@H]1OC(=O)[C@H](C)[C@@H](O)[C@H](C)[C@@H](O[C@@H]2O[C@H](C)C[C@H](N(C)C)[C@H]2O)[C@@]2(C)C[C@@H](C)C(=O)[C@@H](C)[C@H](OC/C(=C/c3cnc4ccccc4c3)CO2)[C@]1(C)O. The highest BCUT2D eigenvalue weighted by Gasteiger charge is 2.53. The summed E-state index contributed by atoms with van der Waals surface area (Å²) >= 11 is 0. The number of carbonyl (C=O) groups excluding carboxylic acids is 2. The van der Waals surface area contributed by atoms with Crippen molar-refractivity contribution in [2.24, 2.45) is 23.7 Å². The Hall–Kier alpha value is -2.81. The number of pyridine rings is 1. The summed E-state index contributed by atoms with van der Waals surface area (Å²) in [6.07, 6.45) is -2.15. The zero-order chi connectivity index (χ0) is 39.7. The molecule has 2 bridgehead atoms. The number of rotatable bonds is 5. The molecule has 3 N–H and O–H groups in total. The van der Waals surface area contributed by atoms with E-state index in [1.165, 1.54) is 0 Å². The summed E-state index contributed by atoms with van der Waals surface area (Å²) in [7, 11) is 3.78. The van der Waals surface area contributed by atoms with Crippen molar-refractivity contribution in [3.05, 3.63) is 47.7 Å². The largest absolute Gasteiger partial charge is 0.459 e. The van der Waals surface area contributed by atoms with Crippen LogP contribution in [0.5, 0.6) is 0 Å². The number of aliphatic hydroxyl groups is 3. The maximum atomic E-state index is 14.4. The second kappa shape index (κ2) is 17.1. The number of esters is 1. The van der Waals surface area contributed by atoms with E-state index in [4.69, 9.17) is 23.7 Å². The highest BCUT2D eigenvalue weighted by Crippen LogP contribution is 2.41. The van der Waals surface area contributed by atoms with Crippen LogP contribution < -0.4 is 0 Å². The summed E-state index contributed by atoms with van der Waals surface area (Å²) in [5.41, 5.74) is -0.712. The number of aromatic nitrogens is 1. The molecule has 2 aromatic rings. The lowest BCUT2D eigenvalue weighted by Gasteiger charge is -2.48. The molecule has 12 nitrogen and oxygen atoms in total. The number of likely N-dealkylation sites (N-methyl/N-ethyl adjacent to an activating group) is 1. The molecule has 300 valence electrons. The number of cyclic esters (lactones) is 1. The van der Waals surface area contributed by atoms with E-state index in [9.17, 15) is 24.9 Å². The molecule has 0 unspecified atom stereocenters. The highest BCUT2D eigenvalue weighted by molar-refractivity contribution is 5.84. The van der Waals surface area contributed by atoms with E-state index in [1.54, 1.807) is 40.8 Å². The van der Waals surface area contributed by atoms with Crippen LogP contribution in [0.3, 0.4) is 0 Å². The van der Waals surface area contributed by atoms with Crippen molar-refractivity contribution in [1.29, 1.82) is 0 Å². The van der Waals surface area contributed by atoms with Crippen LogP contribution in [0.1, 0.15) is 80.2 Å². The number of hydrogen-bond donors (Lipinski definition) is 3. The van der Waals surface area contributed by atoms with Crippen molar-refractivity contribution < 1.29 is 48.6 Å². The van der Waals surface area contributed by atoms with Crippen molar-refractivity contribution in [2.75, 3.05) is 27.3 Å². The zero-order valence-corrected chi connectivity index (χ0v) is 33.6. The molecule has 0 radical (unpaired) electrons. The summed E-state index contributed by atoms with van der Waals surface area (Å²) in [5.74, 6) is -4.15. The smallest absolute Gasteiger partial charge is 0.311 e. The van der Waals surface area contributed by atoms with Crippen molar-refractivity contribution in [3.8, 4) is 0 Å². The Kier molecular flexibility index (Phi) is 13.4. The molecule has 5 rings (SSSR count). The molecule has 0 spiro atoms. The van der Waals surface area contributed by atoms with E-state index in [-0.39, 0.29) is 44.0 Å². The van der Waals surface area contributed by atoms with Crippen LogP contribution in [-0.2, 0) is 33.3 Å². The molecule has 3 fully saturated rings. The molecule has 0 saturated carbocycles. The average molecular weight is 755 g/mol. The van der Waals surface area contributed by atoms with Crippen molar-refractivity contribution in [1.82, 2.24) is 9.88 Å². The van der Waals surface area contributed by atoms with Crippen LogP contribution in [0, 0.1) is 23.7 Å². The molecule has 0 aliphatic carbocycles. The van der Waals surface area contributed by atoms with Crippen LogP contribution in [-0.4, -0.2) is 124 Å². The monoisotopic (exact) mass is 754 g/mol. The number of fused-ring (bicyclic) bond motifs is 6. The second-order valence-electron chi connectivity index (χ2n) is 16.7. The molecule has 4 heterocycles. The number of para-hydroxylation sites is 1. The van der Waals surface area contributed by atoms with Gasteiger partial charge in [0.05, 0.1) is 54.7 Å². The van der Waals surface area contributed by atoms with Gasteiger partial charge in [0.2, 0.25) is 0 Å². The third kappa shape index (κ3) is 8.92. The van der Waals surface area contributed by atoms with Crippen LogP contribution in [0.15, 0.2) is 42.1 Å². The predicted octanol–water partition coefficient (Wildman–Crippen LogP) is 4.55. The fourth-order valence-electron chi connectivity index (χ4n) is 8.81. The Labute approximate surface area is 320 Å². The minimum Gasteiger partial charge on any atom is -0.459 e. The number of ketones is 1.